The number of hydrogen-bond donors (Lipinski definition) is 1. The number of nitrogens with zero attached hydrogens (tertiary/aromatic N) is 2. The first-order chi connectivity index (χ1) is 12.0. The Labute approximate surface area is 147 Å². The smallest absolute Gasteiger partial charge is 0.129 e. The molecule has 0 bridgehead atoms. The van der Waals surface area contributed by atoms with Crippen LogP contribution in [0.1, 0.15) is 30.9 Å². The van der Waals surface area contributed by atoms with Crippen LogP contribution in [0.4, 0.5) is 8.78 Å². The van der Waals surface area contributed by atoms with Crippen LogP contribution in [-0.2, 0) is 4.74 Å². The van der Waals surface area contributed by atoms with Crippen molar-refractivity contribution in [1.29, 1.82) is 0 Å². The van der Waals surface area contributed by atoms with Crippen LogP contribution < -0.4 is 5.73 Å². The topological polar surface area (TPSA) is 41.7 Å². The third-order valence-electron chi connectivity index (χ3n) is 6.27. The maximum Gasteiger partial charge on any atom is 0.129 e. The first kappa shape index (κ1) is 17.3. The molecule has 0 aliphatic carbocycles. The van der Waals surface area contributed by atoms with Gasteiger partial charge >= 0.3 is 0 Å². The van der Waals surface area contributed by atoms with Gasteiger partial charge in [0.25, 0.3) is 0 Å². The van der Waals surface area contributed by atoms with E-state index in [0.717, 1.165) is 37.6 Å². The molecule has 0 spiro atoms. The lowest BCUT2D eigenvalue weighted by Crippen LogP contribution is -2.49. The Balaban J connectivity index is 1.43. The molecule has 4 rings (SSSR count). The molecule has 3 heterocycles. The van der Waals surface area contributed by atoms with Crippen molar-refractivity contribution >= 4 is 0 Å². The van der Waals surface area contributed by atoms with E-state index >= 15 is 0 Å². The van der Waals surface area contributed by atoms with Crippen molar-refractivity contribution in [3.8, 4) is 0 Å². The second-order valence-electron chi connectivity index (χ2n) is 7.88. The number of rotatable bonds is 2. The van der Waals surface area contributed by atoms with Gasteiger partial charge in [-0.1, -0.05) is 0 Å². The number of fused-ring (bicyclic) bond motifs is 1. The van der Waals surface area contributed by atoms with Gasteiger partial charge in [-0.2, -0.15) is 0 Å². The predicted octanol–water partition coefficient (Wildman–Crippen LogP) is 2.15. The molecule has 1 aromatic rings. The van der Waals surface area contributed by atoms with E-state index < -0.39 is 17.7 Å². The zero-order valence-electron chi connectivity index (χ0n) is 14.7. The summed E-state index contributed by atoms with van der Waals surface area (Å²) in [5.74, 6) is -0.177. The normalized spacial score (nSPS) is 37.2. The van der Waals surface area contributed by atoms with Crippen molar-refractivity contribution in [2.45, 2.75) is 43.5 Å². The third kappa shape index (κ3) is 3.33. The quantitative estimate of drug-likeness (QED) is 0.887. The molecule has 25 heavy (non-hydrogen) atoms. The standard InChI is InChI=1S/C19H27F2N3O/c1-23-6-2-3-12-9-24(10-18(12)23)14-8-17(22)19(25-11-14)15-7-13(20)4-5-16(15)21/h4-5,7,12,14,17-19H,2-3,6,8-11,22H2,1H3. The highest BCUT2D eigenvalue weighted by atomic mass is 19.1. The maximum atomic E-state index is 14.1. The maximum absolute atomic E-state index is 14.1. The first-order valence-corrected chi connectivity index (χ1v) is 9.29. The summed E-state index contributed by atoms with van der Waals surface area (Å²) >= 11 is 0. The van der Waals surface area contributed by atoms with E-state index in [2.05, 4.69) is 16.8 Å². The summed E-state index contributed by atoms with van der Waals surface area (Å²) in [6, 6.07) is 4.05. The second kappa shape index (κ2) is 6.91. The van der Waals surface area contributed by atoms with Crippen LogP contribution in [0.3, 0.4) is 0 Å². The van der Waals surface area contributed by atoms with Gasteiger partial charge in [-0.05, 0) is 57.0 Å². The Morgan fingerprint density at radius 2 is 2.08 bits per heavy atom. The highest BCUT2D eigenvalue weighted by molar-refractivity contribution is 5.23. The van der Waals surface area contributed by atoms with Gasteiger partial charge in [0.1, 0.15) is 17.7 Å². The van der Waals surface area contributed by atoms with Crippen molar-refractivity contribution in [1.82, 2.24) is 9.80 Å². The number of benzene rings is 1. The third-order valence-corrected chi connectivity index (χ3v) is 6.27. The number of piperidine rings is 1. The van der Waals surface area contributed by atoms with Crippen LogP contribution >= 0.6 is 0 Å². The van der Waals surface area contributed by atoms with Crippen molar-refractivity contribution in [2.75, 3.05) is 33.3 Å². The minimum Gasteiger partial charge on any atom is -0.370 e. The van der Waals surface area contributed by atoms with E-state index in [9.17, 15) is 8.78 Å². The molecular formula is C19H27F2N3O. The van der Waals surface area contributed by atoms with Gasteiger partial charge in [0, 0.05) is 36.8 Å². The number of likely N-dealkylation sites (tertiary alicyclic amines) is 2. The fourth-order valence-corrected chi connectivity index (χ4v) is 4.89. The van der Waals surface area contributed by atoms with Crippen molar-refractivity contribution < 1.29 is 13.5 Å². The average Bonchev–Trinajstić information content (AvgIpc) is 3.03. The van der Waals surface area contributed by atoms with Gasteiger partial charge in [-0.15, -0.1) is 0 Å². The lowest BCUT2D eigenvalue weighted by atomic mass is 9.92. The number of ether oxygens (including phenoxy) is 1. The Morgan fingerprint density at radius 1 is 1.24 bits per heavy atom. The van der Waals surface area contributed by atoms with E-state index in [0.29, 0.717) is 12.6 Å². The molecule has 138 valence electrons. The Bertz CT molecular complexity index is 629. The van der Waals surface area contributed by atoms with Crippen LogP contribution in [-0.4, -0.2) is 61.2 Å². The second-order valence-corrected chi connectivity index (χ2v) is 7.88. The summed E-state index contributed by atoms with van der Waals surface area (Å²) in [6.07, 6.45) is 2.75. The highest BCUT2D eigenvalue weighted by Gasteiger charge is 2.42. The molecule has 3 saturated heterocycles. The summed E-state index contributed by atoms with van der Waals surface area (Å²) in [6.45, 7) is 3.85. The van der Waals surface area contributed by atoms with Gasteiger partial charge in [0.2, 0.25) is 0 Å². The molecule has 0 saturated carbocycles. The highest BCUT2D eigenvalue weighted by Crippen LogP contribution is 2.35. The lowest BCUT2D eigenvalue weighted by Gasteiger charge is -2.39. The van der Waals surface area contributed by atoms with Crippen molar-refractivity contribution in [3.63, 3.8) is 0 Å². The SMILES string of the molecule is CN1CCCC2CN(C3COC(c4cc(F)ccc4F)C(N)C3)CC21. The minimum atomic E-state index is -0.570. The van der Waals surface area contributed by atoms with Gasteiger partial charge in [-0.3, -0.25) is 4.90 Å². The van der Waals surface area contributed by atoms with Crippen LogP contribution in [0, 0.1) is 17.6 Å². The Hall–Kier alpha value is -1.08. The molecule has 4 nitrogen and oxygen atoms in total. The summed E-state index contributed by atoms with van der Waals surface area (Å²) in [5, 5.41) is 0. The molecule has 0 amide bonds. The zero-order chi connectivity index (χ0) is 17.6. The molecule has 3 aliphatic heterocycles. The number of hydrogen-bond acceptors (Lipinski definition) is 4. The Kier molecular flexibility index (Phi) is 4.79. The molecule has 3 aliphatic rings. The van der Waals surface area contributed by atoms with Gasteiger partial charge < -0.3 is 15.4 Å². The summed E-state index contributed by atoms with van der Waals surface area (Å²) in [5.41, 5.74) is 6.55. The van der Waals surface area contributed by atoms with Crippen LogP contribution in [0.2, 0.25) is 0 Å². The van der Waals surface area contributed by atoms with Gasteiger partial charge in [0.05, 0.1) is 6.61 Å². The number of likely N-dealkylation sites (N-methyl/N-ethyl adjacent to an activating group) is 1. The molecule has 2 N–H and O–H groups in total. The first-order valence-electron chi connectivity index (χ1n) is 9.29. The van der Waals surface area contributed by atoms with E-state index in [1.165, 1.54) is 25.5 Å². The monoisotopic (exact) mass is 351 g/mol. The average molecular weight is 351 g/mol. The van der Waals surface area contributed by atoms with Crippen LogP contribution in [0.25, 0.3) is 0 Å². The largest absolute Gasteiger partial charge is 0.370 e. The number of halogens is 2. The minimum absolute atomic E-state index is 0.237. The van der Waals surface area contributed by atoms with Gasteiger partial charge in [-0.25, -0.2) is 8.78 Å². The molecule has 5 atom stereocenters. The lowest BCUT2D eigenvalue weighted by molar-refractivity contribution is -0.0482. The van der Waals surface area contributed by atoms with Crippen molar-refractivity contribution in [2.24, 2.45) is 11.7 Å². The fourth-order valence-electron chi connectivity index (χ4n) is 4.89. The Morgan fingerprint density at radius 3 is 2.84 bits per heavy atom. The van der Waals surface area contributed by atoms with E-state index in [1.54, 1.807) is 0 Å². The molecule has 1 aromatic carbocycles. The zero-order valence-corrected chi connectivity index (χ0v) is 14.7. The molecule has 3 fully saturated rings. The van der Waals surface area contributed by atoms with Crippen molar-refractivity contribution in [3.05, 3.63) is 35.4 Å². The summed E-state index contributed by atoms with van der Waals surface area (Å²) < 4.78 is 33.5. The molecule has 0 radical (unpaired) electrons. The van der Waals surface area contributed by atoms with E-state index in [1.807, 2.05) is 0 Å². The van der Waals surface area contributed by atoms with E-state index in [-0.39, 0.29) is 17.6 Å². The summed E-state index contributed by atoms with van der Waals surface area (Å²) in [4.78, 5) is 4.97. The molecule has 6 heteroatoms. The molecular weight excluding hydrogens is 324 g/mol. The van der Waals surface area contributed by atoms with Crippen LogP contribution in [0.15, 0.2) is 18.2 Å². The summed E-state index contributed by atoms with van der Waals surface area (Å²) in [7, 11) is 2.21. The van der Waals surface area contributed by atoms with Gasteiger partial charge in [0.15, 0.2) is 0 Å². The van der Waals surface area contributed by atoms with E-state index in [4.69, 9.17) is 10.5 Å². The number of nitrogens with two attached hydrogens (primary N) is 1. The van der Waals surface area contributed by atoms with Crippen LogP contribution in [0.5, 0.6) is 0 Å². The fraction of sp³-hybridized carbons (Fsp3) is 0.684. The molecule has 0 aromatic heterocycles. The predicted molar refractivity (Wildman–Crippen MR) is 92.1 cm³/mol. The molecule has 5 unspecified atom stereocenters.